The fourth-order valence-corrected chi connectivity index (χ4v) is 2.61. The van der Waals surface area contributed by atoms with Crippen LogP contribution in [0.15, 0.2) is 29.3 Å². The Balaban J connectivity index is 2.06. The maximum atomic E-state index is 13.0. The number of halogens is 1. The molecule has 4 heteroatoms. The summed E-state index contributed by atoms with van der Waals surface area (Å²) in [6, 6.07) is 6.89. The molecule has 0 saturated carbocycles. The summed E-state index contributed by atoms with van der Waals surface area (Å²) in [5, 5.41) is 4.07. The van der Waals surface area contributed by atoms with Gasteiger partial charge in [-0.1, -0.05) is 24.8 Å². The summed E-state index contributed by atoms with van der Waals surface area (Å²) < 4.78 is 13.0. The summed E-state index contributed by atoms with van der Waals surface area (Å²) in [4.78, 5) is 4.57. The molecular formula is C12H15FN2S. The van der Waals surface area contributed by atoms with E-state index in [1.807, 2.05) is 6.07 Å². The van der Waals surface area contributed by atoms with E-state index < -0.39 is 0 Å². The first-order chi connectivity index (χ1) is 7.78. The van der Waals surface area contributed by atoms with Gasteiger partial charge in [0.2, 0.25) is 0 Å². The Labute approximate surface area is 99.3 Å². The third kappa shape index (κ3) is 2.98. The maximum absolute atomic E-state index is 13.0. The lowest BCUT2D eigenvalue weighted by Gasteiger charge is -2.19. The average molecular weight is 238 g/mol. The number of anilines is 1. The van der Waals surface area contributed by atoms with E-state index in [4.69, 9.17) is 0 Å². The van der Waals surface area contributed by atoms with Gasteiger partial charge >= 0.3 is 0 Å². The summed E-state index contributed by atoms with van der Waals surface area (Å²) >= 11 is 1.70. The van der Waals surface area contributed by atoms with Crippen LogP contribution in [0.1, 0.15) is 19.8 Å². The van der Waals surface area contributed by atoms with Crippen molar-refractivity contribution in [3.05, 3.63) is 30.1 Å². The third-order valence-corrected chi connectivity index (χ3v) is 3.46. The minimum atomic E-state index is -0.224. The average Bonchev–Trinajstić information content (AvgIpc) is 2.29. The Kier molecular flexibility index (Phi) is 3.83. The van der Waals surface area contributed by atoms with E-state index in [9.17, 15) is 4.39 Å². The second kappa shape index (κ2) is 5.34. The van der Waals surface area contributed by atoms with Gasteiger partial charge in [0.25, 0.3) is 0 Å². The van der Waals surface area contributed by atoms with Crippen LogP contribution in [0.4, 0.5) is 10.1 Å². The van der Waals surface area contributed by atoms with Crippen LogP contribution < -0.4 is 5.32 Å². The smallest absolute Gasteiger partial charge is 0.161 e. The minimum Gasteiger partial charge on any atom is -0.335 e. The molecule has 0 bridgehead atoms. The van der Waals surface area contributed by atoms with E-state index in [0.29, 0.717) is 6.04 Å². The Morgan fingerprint density at radius 1 is 1.56 bits per heavy atom. The topological polar surface area (TPSA) is 24.4 Å². The molecule has 0 saturated heterocycles. The van der Waals surface area contributed by atoms with Crippen LogP contribution in [0, 0.1) is 5.82 Å². The fraction of sp³-hybridized carbons (Fsp3) is 0.417. The lowest BCUT2D eigenvalue weighted by Crippen LogP contribution is -2.19. The van der Waals surface area contributed by atoms with E-state index in [-0.39, 0.29) is 5.82 Å². The predicted molar refractivity (Wildman–Crippen MR) is 68.6 cm³/mol. The summed E-state index contributed by atoms with van der Waals surface area (Å²) in [5.41, 5.74) is 0.767. The first-order valence-electron chi connectivity index (χ1n) is 5.51. The summed E-state index contributed by atoms with van der Waals surface area (Å²) in [5.74, 6) is 0.859. The third-order valence-electron chi connectivity index (χ3n) is 2.54. The monoisotopic (exact) mass is 238 g/mol. The molecule has 2 nitrogen and oxygen atoms in total. The lowest BCUT2D eigenvalue weighted by atomic mass is 10.2. The summed E-state index contributed by atoms with van der Waals surface area (Å²) in [6.45, 7) is 2.14. The lowest BCUT2D eigenvalue weighted by molar-refractivity contribution is 0.628. The van der Waals surface area contributed by atoms with Gasteiger partial charge in [0.1, 0.15) is 5.82 Å². The van der Waals surface area contributed by atoms with Crippen LogP contribution >= 0.6 is 11.8 Å². The molecule has 0 radical (unpaired) electrons. The van der Waals surface area contributed by atoms with Gasteiger partial charge in [-0.25, -0.2) is 4.39 Å². The number of benzene rings is 1. The van der Waals surface area contributed by atoms with Gasteiger partial charge in [0, 0.05) is 11.4 Å². The highest BCUT2D eigenvalue weighted by molar-refractivity contribution is 8.14. The number of aliphatic imine (C=N–C) groups is 1. The quantitative estimate of drug-likeness (QED) is 0.852. The minimum absolute atomic E-state index is 0.224. The Bertz CT molecular complexity index is 392. The van der Waals surface area contributed by atoms with Gasteiger partial charge < -0.3 is 5.32 Å². The van der Waals surface area contributed by atoms with Gasteiger partial charge in [0.15, 0.2) is 5.17 Å². The molecule has 1 atom stereocenters. The Hall–Kier alpha value is -1.03. The zero-order valence-electron chi connectivity index (χ0n) is 9.24. The van der Waals surface area contributed by atoms with Crippen molar-refractivity contribution in [2.45, 2.75) is 25.8 Å². The first-order valence-corrected chi connectivity index (χ1v) is 6.49. The molecule has 86 valence electrons. The van der Waals surface area contributed by atoms with E-state index in [1.165, 1.54) is 12.1 Å². The molecule has 0 fully saturated rings. The normalized spacial score (nSPS) is 20.4. The molecule has 0 aliphatic carbocycles. The van der Waals surface area contributed by atoms with Gasteiger partial charge in [-0.05, 0) is 31.0 Å². The fourth-order valence-electron chi connectivity index (χ4n) is 1.61. The molecule has 0 aromatic heterocycles. The standard InChI is InChI=1S/C12H15FN2S/c1-2-10-6-7-16-12(14-10)15-11-5-3-4-9(13)8-11/h3-5,8,10H,2,6-7H2,1H3,(H,14,15). The van der Waals surface area contributed by atoms with E-state index in [2.05, 4.69) is 17.2 Å². The zero-order valence-corrected chi connectivity index (χ0v) is 10.1. The van der Waals surface area contributed by atoms with E-state index in [1.54, 1.807) is 17.8 Å². The highest BCUT2D eigenvalue weighted by Crippen LogP contribution is 2.21. The number of rotatable bonds is 2. The number of hydrogen-bond acceptors (Lipinski definition) is 3. The number of hydrogen-bond donors (Lipinski definition) is 1. The number of thioether (sulfide) groups is 1. The van der Waals surface area contributed by atoms with Crippen LogP contribution in [-0.2, 0) is 0 Å². The van der Waals surface area contributed by atoms with E-state index in [0.717, 1.165) is 29.4 Å². The van der Waals surface area contributed by atoms with Gasteiger partial charge in [-0.2, -0.15) is 0 Å². The summed E-state index contributed by atoms with van der Waals surface area (Å²) in [6.07, 6.45) is 2.20. The van der Waals surface area contributed by atoms with Crippen molar-refractivity contribution in [3.8, 4) is 0 Å². The molecule has 1 N–H and O–H groups in total. The molecule has 16 heavy (non-hydrogen) atoms. The highest BCUT2D eigenvalue weighted by Gasteiger charge is 2.13. The van der Waals surface area contributed by atoms with Crippen molar-refractivity contribution >= 4 is 22.6 Å². The molecule has 1 aromatic rings. The number of nitrogens with zero attached hydrogens (tertiary/aromatic N) is 1. The largest absolute Gasteiger partial charge is 0.335 e. The van der Waals surface area contributed by atoms with Crippen molar-refractivity contribution in [1.29, 1.82) is 0 Å². The molecule has 1 unspecified atom stereocenters. The molecule has 1 aliphatic rings. The van der Waals surface area contributed by atoms with Gasteiger partial charge in [0.05, 0.1) is 6.04 Å². The van der Waals surface area contributed by atoms with Gasteiger partial charge in [-0.15, -0.1) is 0 Å². The molecule has 2 rings (SSSR count). The Morgan fingerprint density at radius 3 is 3.19 bits per heavy atom. The number of amidine groups is 1. The van der Waals surface area contributed by atoms with Crippen molar-refractivity contribution in [3.63, 3.8) is 0 Å². The molecular weight excluding hydrogens is 223 g/mol. The van der Waals surface area contributed by atoms with Crippen molar-refractivity contribution < 1.29 is 4.39 Å². The second-order valence-corrected chi connectivity index (χ2v) is 4.85. The number of nitrogens with one attached hydrogen (secondary N) is 1. The van der Waals surface area contributed by atoms with Crippen molar-refractivity contribution in [1.82, 2.24) is 0 Å². The van der Waals surface area contributed by atoms with Crippen LogP contribution in [0.25, 0.3) is 0 Å². The second-order valence-electron chi connectivity index (χ2n) is 3.77. The van der Waals surface area contributed by atoms with Crippen molar-refractivity contribution in [2.75, 3.05) is 11.1 Å². The first kappa shape index (κ1) is 11.5. The predicted octanol–water partition coefficient (Wildman–Crippen LogP) is 3.51. The molecule has 1 aliphatic heterocycles. The molecule has 0 amide bonds. The van der Waals surface area contributed by atoms with Gasteiger partial charge in [-0.3, -0.25) is 4.99 Å². The van der Waals surface area contributed by atoms with Crippen molar-refractivity contribution in [2.24, 2.45) is 4.99 Å². The van der Waals surface area contributed by atoms with Crippen LogP contribution in [-0.4, -0.2) is 17.0 Å². The summed E-state index contributed by atoms with van der Waals surface area (Å²) in [7, 11) is 0. The SMILES string of the molecule is CCC1CCSC(Nc2cccc(F)c2)=N1. The maximum Gasteiger partial charge on any atom is 0.161 e. The van der Waals surface area contributed by atoms with Crippen LogP contribution in [0.5, 0.6) is 0 Å². The van der Waals surface area contributed by atoms with Crippen LogP contribution in [0.2, 0.25) is 0 Å². The zero-order chi connectivity index (χ0) is 11.4. The molecule has 0 spiro atoms. The molecule has 1 heterocycles. The Morgan fingerprint density at radius 2 is 2.44 bits per heavy atom. The highest BCUT2D eigenvalue weighted by atomic mass is 32.2. The van der Waals surface area contributed by atoms with Crippen LogP contribution in [0.3, 0.4) is 0 Å². The molecule has 1 aromatic carbocycles. The van der Waals surface area contributed by atoms with E-state index >= 15 is 0 Å².